The second-order valence-corrected chi connectivity index (χ2v) is 6.36. The van der Waals surface area contributed by atoms with Gasteiger partial charge in [-0.15, -0.1) is 0 Å². The van der Waals surface area contributed by atoms with Crippen LogP contribution in [0.15, 0.2) is 64.5 Å². The molecule has 2 aromatic heterocycles. The molecule has 1 aliphatic rings. The highest BCUT2D eigenvalue weighted by atomic mass is 19.4. The quantitative estimate of drug-likeness (QED) is 0.689. The summed E-state index contributed by atoms with van der Waals surface area (Å²) in [5.41, 5.74) is 0.0674. The summed E-state index contributed by atoms with van der Waals surface area (Å²) in [4.78, 5) is 25.5. The van der Waals surface area contributed by atoms with Crippen LogP contribution in [0.4, 0.5) is 24.8 Å². The molecule has 0 saturated carbocycles. The van der Waals surface area contributed by atoms with Crippen LogP contribution in [0.2, 0.25) is 0 Å². The lowest BCUT2D eigenvalue weighted by atomic mass is 10.2. The van der Waals surface area contributed by atoms with Crippen molar-refractivity contribution in [3.63, 3.8) is 0 Å². The van der Waals surface area contributed by atoms with Gasteiger partial charge in [-0.3, -0.25) is 15.1 Å². The van der Waals surface area contributed by atoms with Crippen LogP contribution >= 0.6 is 0 Å². The van der Waals surface area contributed by atoms with Gasteiger partial charge in [-0.25, -0.2) is 14.5 Å². The summed E-state index contributed by atoms with van der Waals surface area (Å²) in [6.07, 6.45) is -3.71. The largest absolute Gasteiger partial charge is 0.416 e. The molecule has 1 aromatic carbocycles. The van der Waals surface area contributed by atoms with Crippen molar-refractivity contribution in [1.29, 1.82) is 0 Å². The molecule has 4 rings (SSSR count). The molecule has 2 N–H and O–H groups in total. The van der Waals surface area contributed by atoms with Crippen LogP contribution in [0.3, 0.4) is 0 Å². The first-order valence-electron chi connectivity index (χ1n) is 8.61. The molecule has 0 unspecified atom stereocenters. The Kier molecular flexibility index (Phi) is 4.53. The Morgan fingerprint density at radius 1 is 1.14 bits per heavy atom. The van der Waals surface area contributed by atoms with Crippen LogP contribution in [0.5, 0.6) is 0 Å². The van der Waals surface area contributed by atoms with Gasteiger partial charge in [0.1, 0.15) is 0 Å². The molecule has 3 aromatic rings. The van der Waals surface area contributed by atoms with Crippen LogP contribution in [0.25, 0.3) is 0 Å². The number of nitrogens with one attached hydrogen (secondary N) is 2. The van der Waals surface area contributed by atoms with Crippen LogP contribution < -0.4 is 16.2 Å². The number of alkyl halides is 3. The third-order valence-electron chi connectivity index (χ3n) is 4.21. The summed E-state index contributed by atoms with van der Waals surface area (Å²) >= 11 is 0. The molecule has 3 heterocycles. The number of benzene rings is 1. The molecule has 1 atom stereocenters. The van der Waals surface area contributed by atoms with Crippen LogP contribution in [-0.4, -0.2) is 20.5 Å². The number of guanidine groups is 1. The maximum atomic E-state index is 13.0. The molecule has 10 heteroatoms. The van der Waals surface area contributed by atoms with Crippen molar-refractivity contribution in [3.8, 4) is 0 Å². The zero-order valence-electron chi connectivity index (χ0n) is 15.1. The fourth-order valence-corrected chi connectivity index (χ4v) is 2.95. The molecule has 0 spiro atoms. The van der Waals surface area contributed by atoms with Gasteiger partial charge >= 0.3 is 6.18 Å². The minimum absolute atomic E-state index is 0.150. The fourth-order valence-electron chi connectivity index (χ4n) is 2.95. The van der Waals surface area contributed by atoms with Gasteiger partial charge in [0.15, 0.2) is 6.17 Å². The number of halogens is 3. The number of fused-ring (bicyclic) bond motifs is 1. The van der Waals surface area contributed by atoms with Crippen LogP contribution in [0, 0.1) is 6.92 Å². The maximum absolute atomic E-state index is 13.0. The Labute approximate surface area is 163 Å². The molecule has 0 amide bonds. The first-order valence-corrected chi connectivity index (χ1v) is 8.61. The zero-order valence-corrected chi connectivity index (χ0v) is 15.1. The standard InChI is InChI=1S/C19H15F3N6O/c1-11-9-15(29)28-16(14-7-2-3-8-23-14)26-17(27-18(28)24-11)25-13-6-4-5-12(10-13)19(20,21)22/h2-10,16H,1H3,(H2,24,25,26,27)/t16-/m0/s1. The molecule has 0 radical (unpaired) electrons. The van der Waals surface area contributed by atoms with Gasteiger partial charge in [0.2, 0.25) is 11.9 Å². The van der Waals surface area contributed by atoms with Crippen molar-refractivity contribution in [2.45, 2.75) is 19.3 Å². The fraction of sp³-hybridized carbons (Fsp3) is 0.158. The third kappa shape index (κ3) is 3.82. The van der Waals surface area contributed by atoms with E-state index in [9.17, 15) is 18.0 Å². The lowest BCUT2D eigenvalue weighted by Gasteiger charge is -2.26. The number of nitrogens with zero attached hydrogens (tertiary/aromatic N) is 4. The third-order valence-corrected chi connectivity index (χ3v) is 4.21. The highest BCUT2D eigenvalue weighted by Crippen LogP contribution is 2.31. The van der Waals surface area contributed by atoms with Crippen molar-refractivity contribution in [1.82, 2.24) is 14.5 Å². The molecule has 0 saturated heterocycles. The summed E-state index contributed by atoms with van der Waals surface area (Å²) < 4.78 is 40.3. The number of aromatic nitrogens is 3. The van der Waals surface area contributed by atoms with E-state index in [-0.39, 0.29) is 23.2 Å². The predicted octanol–water partition coefficient (Wildman–Crippen LogP) is 3.41. The average Bonchev–Trinajstić information content (AvgIpc) is 2.67. The number of pyridine rings is 1. The highest BCUT2D eigenvalue weighted by Gasteiger charge is 2.31. The van der Waals surface area contributed by atoms with Gasteiger partial charge in [-0.1, -0.05) is 12.1 Å². The van der Waals surface area contributed by atoms with Gasteiger partial charge in [-0.05, 0) is 37.3 Å². The molecular formula is C19H15F3N6O. The van der Waals surface area contributed by atoms with Gasteiger partial charge < -0.3 is 5.32 Å². The van der Waals surface area contributed by atoms with Crippen molar-refractivity contribution in [2.24, 2.45) is 4.99 Å². The molecule has 0 bridgehead atoms. The lowest BCUT2D eigenvalue weighted by molar-refractivity contribution is -0.137. The maximum Gasteiger partial charge on any atom is 0.416 e. The van der Waals surface area contributed by atoms with Crippen molar-refractivity contribution >= 4 is 17.6 Å². The average molecular weight is 400 g/mol. The topological polar surface area (TPSA) is 84.2 Å². The first-order chi connectivity index (χ1) is 13.8. The Hall–Kier alpha value is -3.69. The summed E-state index contributed by atoms with van der Waals surface area (Å²) in [6.45, 7) is 1.67. The number of hydrogen-bond donors (Lipinski definition) is 2. The molecule has 7 nitrogen and oxygen atoms in total. The summed E-state index contributed by atoms with van der Waals surface area (Å²) in [5, 5.41) is 5.70. The predicted molar refractivity (Wildman–Crippen MR) is 102 cm³/mol. The minimum atomic E-state index is -4.46. The summed E-state index contributed by atoms with van der Waals surface area (Å²) in [7, 11) is 0. The Morgan fingerprint density at radius 3 is 2.69 bits per heavy atom. The monoisotopic (exact) mass is 400 g/mol. The summed E-state index contributed by atoms with van der Waals surface area (Å²) in [5.74, 6) is 0.368. The Balaban J connectivity index is 1.75. The number of hydrogen-bond acceptors (Lipinski definition) is 6. The van der Waals surface area contributed by atoms with Gasteiger partial charge in [0.25, 0.3) is 5.56 Å². The van der Waals surface area contributed by atoms with E-state index < -0.39 is 17.9 Å². The van der Waals surface area contributed by atoms with Crippen LogP contribution in [-0.2, 0) is 6.18 Å². The normalized spacial score (nSPS) is 15.9. The van der Waals surface area contributed by atoms with Crippen LogP contribution in [0.1, 0.15) is 23.1 Å². The van der Waals surface area contributed by atoms with E-state index in [4.69, 9.17) is 0 Å². The highest BCUT2D eigenvalue weighted by molar-refractivity contribution is 6.03. The molecule has 148 valence electrons. The van der Waals surface area contributed by atoms with Gasteiger partial charge in [0, 0.05) is 23.6 Å². The smallest absolute Gasteiger partial charge is 0.326 e. The second kappa shape index (κ2) is 7.04. The summed E-state index contributed by atoms with van der Waals surface area (Å²) in [6, 6.07) is 11.3. The van der Waals surface area contributed by atoms with E-state index in [0.717, 1.165) is 12.1 Å². The number of aliphatic imine (C=N–C) groups is 1. The zero-order chi connectivity index (χ0) is 20.6. The van der Waals surface area contributed by atoms with E-state index in [1.54, 1.807) is 31.3 Å². The van der Waals surface area contributed by atoms with Crippen molar-refractivity contribution in [2.75, 3.05) is 10.6 Å². The molecule has 29 heavy (non-hydrogen) atoms. The van der Waals surface area contributed by atoms with E-state index in [1.165, 1.54) is 22.8 Å². The molecule has 0 fully saturated rings. The second-order valence-electron chi connectivity index (χ2n) is 6.36. The first kappa shape index (κ1) is 18.7. The van der Waals surface area contributed by atoms with Gasteiger partial charge in [0.05, 0.1) is 11.3 Å². The van der Waals surface area contributed by atoms with Crippen molar-refractivity contribution in [3.05, 3.63) is 82.0 Å². The van der Waals surface area contributed by atoms with E-state index in [2.05, 4.69) is 25.6 Å². The van der Waals surface area contributed by atoms with Crippen molar-refractivity contribution < 1.29 is 13.2 Å². The molecular weight excluding hydrogens is 385 g/mol. The molecule has 1 aliphatic heterocycles. The lowest BCUT2D eigenvalue weighted by Crippen LogP contribution is -2.38. The van der Waals surface area contributed by atoms with E-state index in [0.29, 0.717) is 11.4 Å². The molecule has 0 aliphatic carbocycles. The van der Waals surface area contributed by atoms with E-state index in [1.807, 2.05) is 0 Å². The number of aryl methyl sites for hydroxylation is 1. The SMILES string of the molecule is Cc1cc(=O)n2c(n1)NC(Nc1cccc(C(F)(F)F)c1)=N[C@@H]2c1ccccn1. The minimum Gasteiger partial charge on any atom is -0.326 e. The number of rotatable bonds is 2. The van der Waals surface area contributed by atoms with Gasteiger partial charge in [-0.2, -0.15) is 13.2 Å². The Bertz CT molecular complexity index is 1140. The number of anilines is 2. The van der Waals surface area contributed by atoms with E-state index >= 15 is 0 Å². The Morgan fingerprint density at radius 2 is 1.97 bits per heavy atom.